The fourth-order valence-corrected chi connectivity index (χ4v) is 6.94. The molecule has 2 amide bonds. The summed E-state index contributed by atoms with van der Waals surface area (Å²) >= 11 is 0. The van der Waals surface area contributed by atoms with Crippen molar-refractivity contribution in [1.82, 2.24) is 15.1 Å². The number of carbonyl (C=O) groups is 2. The predicted octanol–water partition coefficient (Wildman–Crippen LogP) is 8.58. The van der Waals surface area contributed by atoms with Crippen molar-refractivity contribution in [2.75, 3.05) is 7.05 Å². The minimum Gasteiger partial charge on any atom is -0.334 e. The molecule has 0 aliphatic carbocycles. The molecule has 5 heteroatoms. The van der Waals surface area contributed by atoms with E-state index < -0.39 is 0 Å². The molecular weight excluding hydrogens is 530 g/mol. The molecule has 4 aromatic carbocycles. The summed E-state index contributed by atoms with van der Waals surface area (Å²) in [6.45, 7) is 18.8. The molecule has 0 fully saturated rings. The van der Waals surface area contributed by atoms with E-state index >= 15 is 0 Å². The maximum Gasteiger partial charge on any atom is 0.255 e. The average molecular weight is 580 g/mol. The highest BCUT2D eigenvalue weighted by atomic mass is 16.2. The molecule has 1 N–H and O–H groups in total. The van der Waals surface area contributed by atoms with Crippen LogP contribution in [0.1, 0.15) is 106 Å². The molecule has 0 heterocycles. The van der Waals surface area contributed by atoms with Crippen molar-refractivity contribution < 1.29 is 9.59 Å². The van der Waals surface area contributed by atoms with E-state index in [1.807, 2.05) is 41.1 Å². The molecule has 0 aliphatic heterocycles. The summed E-state index contributed by atoms with van der Waals surface area (Å²) in [6, 6.07) is 24.7. The van der Waals surface area contributed by atoms with Gasteiger partial charge in [0, 0.05) is 36.1 Å². The number of amides is 2. The zero-order valence-electron chi connectivity index (χ0n) is 27.6. The topological polar surface area (TPSA) is 52.7 Å². The van der Waals surface area contributed by atoms with Crippen molar-refractivity contribution >= 4 is 33.4 Å². The Labute approximate surface area is 258 Å². The van der Waals surface area contributed by atoms with Crippen LogP contribution in [0.25, 0.3) is 21.5 Å². The quantitative estimate of drug-likeness (QED) is 0.205. The van der Waals surface area contributed by atoms with Crippen LogP contribution in [0, 0.1) is 0 Å². The second-order valence-corrected chi connectivity index (χ2v) is 12.9. The summed E-state index contributed by atoms with van der Waals surface area (Å²) in [5, 5.41) is 7.55. The van der Waals surface area contributed by atoms with Crippen LogP contribution in [-0.2, 0) is 0 Å². The van der Waals surface area contributed by atoms with Gasteiger partial charge in [0.15, 0.2) is 0 Å². The van der Waals surface area contributed by atoms with Gasteiger partial charge in [0.1, 0.15) is 0 Å². The van der Waals surface area contributed by atoms with Crippen LogP contribution >= 0.6 is 0 Å². The molecule has 0 bridgehead atoms. The Morgan fingerprint density at radius 1 is 0.535 bits per heavy atom. The highest BCUT2D eigenvalue weighted by Gasteiger charge is 2.33. The maximum atomic E-state index is 14.5. The van der Waals surface area contributed by atoms with Gasteiger partial charge >= 0.3 is 0 Å². The number of fused-ring (bicyclic) bond motifs is 2. The van der Waals surface area contributed by atoms with E-state index in [9.17, 15) is 9.59 Å². The number of benzene rings is 4. The molecule has 4 aromatic rings. The van der Waals surface area contributed by atoms with Crippen molar-refractivity contribution in [1.29, 1.82) is 0 Å². The van der Waals surface area contributed by atoms with Crippen LogP contribution in [-0.4, -0.2) is 52.8 Å². The lowest BCUT2D eigenvalue weighted by atomic mass is 9.81. The molecule has 4 rings (SSSR count). The Morgan fingerprint density at radius 2 is 0.907 bits per heavy atom. The summed E-state index contributed by atoms with van der Waals surface area (Å²) in [7, 11) is 1.95. The monoisotopic (exact) mass is 579 g/mol. The second kappa shape index (κ2) is 13.3. The normalized spacial score (nSPS) is 13.3. The third-order valence-corrected chi connectivity index (χ3v) is 8.68. The summed E-state index contributed by atoms with van der Waals surface area (Å²) in [6.07, 6.45) is 0. The third kappa shape index (κ3) is 6.19. The van der Waals surface area contributed by atoms with Gasteiger partial charge in [-0.2, -0.15) is 0 Å². The molecule has 0 radical (unpaired) electrons. The van der Waals surface area contributed by atoms with Gasteiger partial charge in [-0.3, -0.25) is 9.59 Å². The molecule has 0 spiro atoms. The van der Waals surface area contributed by atoms with Gasteiger partial charge < -0.3 is 15.1 Å². The fraction of sp³-hybridized carbons (Fsp3) is 0.421. The Bertz CT molecular complexity index is 1590. The minimum atomic E-state index is -0.219. The lowest BCUT2D eigenvalue weighted by Crippen LogP contribution is -2.43. The summed E-state index contributed by atoms with van der Waals surface area (Å²) < 4.78 is 0. The lowest BCUT2D eigenvalue weighted by Gasteiger charge is -2.35. The SMILES string of the molecule is CN[C@H](c1ccc2ccccc2c1C(=O)N(C(C)C)C(C)C)[C@@H](C)c1ccc2ccccc2c1C(=O)N(C(C)C)C(C)C. The Balaban J connectivity index is 1.97. The highest BCUT2D eigenvalue weighted by Crippen LogP contribution is 2.39. The number of hydrogen-bond acceptors (Lipinski definition) is 3. The van der Waals surface area contributed by atoms with Crippen molar-refractivity contribution in [2.45, 2.75) is 98.4 Å². The Kier molecular flexibility index (Phi) is 9.96. The zero-order chi connectivity index (χ0) is 31.6. The number of nitrogens with one attached hydrogen (secondary N) is 1. The summed E-state index contributed by atoms with van der Waals surface area (Å²) in [4.78, 5) is 32.9. The summed E-state index contributed by atoms with van der Waals surface area (Å²) in [5.41, 5.74) is 3.39. The van der Waals surface area contributed by atoms with Crippen LogP contribution in [0.5, 0.6) is 0 Å². The first-order chi connectivity index (χ1) is 20.4. The molecule has 0 saturated carbocycles. The van der Waals surface area contributed by atoms with Crippen LogP contribution in [0.3, 0.4) is 0 Å². The maximum absolute atomic E-state index is 14.5. The van der Waals surface area contributed by atoms with Gasteiger partial charge in [0.05, 0.1) is 11.1 Å². The smallest absolute Gasteiger partial charge is 0.255 e. The number of likely N-dealkylation sites (N-methyl/N-ethyl adjacent to an activating group) is 1. The van der Waals surface area contributed by atoms with E-state index in [4.69, 9.17) is 0 Å². The minimum absolute atomic E-state index is 0.0323. The average Bonchev–Trinajstić information content (AvgIpc) is 2.95. The van der Waals surface area contributed by atoms with E-state index in [0.717, 1.165) is 43.8 Å². The first-order valence-electron chi connectivity index (χ1n) is 15.8. The number of nitrogens with zero attached hydrogens (tertiary/aromatic N) is 2. The van der Waals surface area contributed by atoms with E-state index in [1.54, 1.807) is 0 Å². The lowest BCUT2D eigenvalue weighted by molar-refractivity contribution is 0.0633. The van der Waals surface area contributed by atoms with E-state index in [2.05, 4.69) is 116 Å². The predicted molar refractivity (Wildman–Crippen MR) is 181 cm³/mol. The number of rotatable bonds is 10. The Hall–Kier alpha value is -3.70. The van der Waals surface area contributed by atoms with E-state index in [0.29, 0.717) is 0 Å². The highest BCUT2D eigenvalue weighted by molar-refractivity contribution is 6.10. The third-order valence-electron chi connectivity index (χ3n) is 8.68. The molecule has 228 valence electrons. The first kappa shape index (κ1) is 32.2. The van der Waals surface area contributed by atoms with E-state index in [-0.39, 0.29) is 47.9 Å². The molecular formula is C38H49N3O2. The molecule has 0 saturated heterocycles. The Morgan fingerprint density at radius 3 is 1.30 bits per heavy atom. The number of carbonyl (C=O) groups excluding carboxylic acids is 2. The van der Waals surface area contributed by atoms with Gasteiger partial charge in [-0.05, 0) is 95.1 Å². The van der Waals surface area contributed by atoms with Gasteiger partial charge in [-0.25, -0.2) is 0 Å². The molecule has 43 heavy (non-hydrogen) atoms. The van der Waals surface area contributed by atoms with Crippen molar-refractivity contribution in [2.24, 2.45) is 0 Å². The standard InChI is InChI=1S/C38H49N3O2/c1-23(2)40(24(3)4)37(42)34-30(21-19-28-15-11-13-17-31(28)34)27(9)36(39-10)33-22-20-29-16-12-14-18-32(29)35(33)38(43)41(25(5)6)26(7)8/h11-27,36,39H,1-10H3/t27-,36-/m0/s1. The van der Waals surface area contributed by atoms with Crippen LogP contribution in [0.4, 0.5) is 0 Å². The first-order valence-corrected chi connectivity index (χ1v) is 15.8. The molecule has 5 nitrogen and oxygen atoms in total. The molecule has 0 aromatic heterocycles. The summed E-state index contributed by atoms with van der Waals surface area (Å²) in [5.74, 6) is -0.0436. The van der Waals surface area contributed by atoms with Crippen molar-refractivity contribution in [3.8, 4) is 0 Å². The molecule has 0 unspecified atom stereocenters. The molecule has 2 atom stereocenters. The van der Waals surface area contributed by atoms with Crippen LogP contribution < -0.4 is 5.32 Å². The fourth-order valence-electron chi connectivity index (χ4n) is 6.94. The second-order valence-electron chi connectivity index (χ2n) is 12.9. The zero-order valence-corrected chi connectivity index (χ0v) is 27.6. The van der Waals surface area contributed by atoms with E-state index in [1.165, 1.54) is 0 Å². The van der Waals surface area contributed by atoms with Crippen LogP contribution in [0.2, 0.25) is 0 Å². The number of hydrogen-bond donors (Lipinski definition) is 1. The van der Waals surface area contributed by atoms with Crippen molar-refractivity contribution in [3.05, 3.63) is 95.1 Å². The molecule has 0 aliphatic rings. The van der Waals surface area contributed by atoms with Crippen LogP contribution in [0.15, 0.2) is 72.8 Å². The largest absolute Gasteiger partial charge is 0.334 e. The van der Waals surface area contributed by atoms with Gasteiger partial charge in [0.2, 0.25) is 0 Å². The van der Waals surface area contributed by atoms with Gasteiger partial charge in [0.25, 0.3) is 11.8 Å². The van der Waals surface area contributed by atoms with Gasteiger partial charge in [-0.15, -0.1) is 0 Å². The van der Waals surface area contributed by atoms with Gasteiger partial charge in [-0.1, -0.05) is 79.7 Å². The van der Waals surface area contributed by atoms with Crippen molar-refractivity contribution in [3.63, 3.8) is 0 Å².